The van der Waals surface area contributed by atoms with Crippen LogP contribution < -0.4 is 15.5 Å². The molecule has 0 saturated heterocycles. The predicted octanol–water partition coefficient (Wildman–Crippen LogP) is 5.11. The van der Waals surface area contributed by atoms with Crippen molar-refractivity contribution in [1.29, 1.82) is 0 Å². The van der Waals surface area contributed by atoms with E-state index in [1.54, 1.807) is 55.5 Å². The van der Waals surface area contributed by atoms with Gasteiger partial charge in [-0.3, -0.25) is 9.59 Å². The summed E-state index contributed by atoms with van der Waals surface area (Å²) in [7, 11) is 0. The van der Waals surface area contributed by atoms with Gasteiger partial charge in [0.1, 0.15) is 18.2 Å². The molecule has 164 valence electrons. The number of carbonyl (C=O) groups excluding carboxylic acids is 2. The van der Waals surface area contributed by atoms with Crippen LogP contribution in [0.3, 0.4) is 0 Å². The van der Waals surface area contributed by atoms with Crippen molar-refractivity contribution in [2.45, 2.75) is 13.5 Å². The van der Waals surface area contributed by atoms with Gasteiger partial charge in [-0.25, -0.2) is 9.82 Å². The molecule has 0 heterocycles. The second kappa shape index (κ2) is 10.7. The molecule has 0 aliphatic carbocycles. The Balaban J connectivity index is 1.56. The summed E-state index contributed by atoms with van der Waals surface area (Å²) in [6.45, 7) is 1.68. The van der Waals surface area contributed by atoms with Crippen molar-refractivity contribution >= 4 is 46.9 Å². The summed E-state index contributed by atoms with van der Waals surface area (Å²) >= 11 is 12.0. The van der Waals surface area contributed by atoms with Crippen LogP contribution in [-0.2, 0) is 16.2 Å². The monoisotopic (exact) mass is 473 g/mol. The Bertz CT molecular complexity index is 1160. The summed E-state index contributed by atoms with van der Waals surface area (Å²) in [4.78, 5) is 24.0. The third-order valence-corrected chi connectivity index (χ3v) is 5.17. The minimum Gasteiger partial charge on any atom is -0.489 e. The minimum absolute atomic E-state index is 0.0497. The molecule has 3 aromatic rings. The number of carbonyl (C=O) groups is 2. The Morgan fingerprint density at radius 1 is 1.03 bits per heavy atom. The van der Waals surface area contributed by atoms with Gasteiger partial charge in [-0.2, -0.15) is 5.10 Å². The van der Waals surface area contributed by atoms with E-state index in [0.29, 0.717) is 27.6 Å². The zero-order valence-electron chi connectivity index (χ0n) is 16.9. The van der Waals surface area contributed by atoms with Gasteiger partial charge in [-0.05, 0) is 54.4 Å². The standard InChI is InChI=1S/C23H18Cl2FN3O3/c1-14-18(24)7-4-10-21(14)28-22(30)23(31)29-27-12-15-5-2-6-16(11-15)32-13-17-19(25)8-3-9-20(17)26/h2-12H,13H2,1H3,(H,28,30)(H,29,31). The van der Waals surface area contributed by atoms with Crippen molar-refractivity contribution in [3.05, 3.63) is 93.2 Å². The van der Waals surface area contributed by atoms with E-state index in [1.807, 2.05) is 0 Å². The molecule has 0 radical (unpaired) electrons. The fourth-order valence-corrected chi connectivity index (χ4v) is 3.04. The third-order valence-electron chi connectivity index (χ3n) is 4.40. The van der Waals surface area contributed by atoms with Crippen LogP contribution in [0.15, 0.2) is 65.8 Å². The van der Waals surface area contributed by atoms with E-state index < -0.39 is 17.6 Å². The van der Waals surface area contributed by atoms with Crippen LogP contribution in [0.1, 0.15) is 16.7 Å². The second-order valence-electron chi connectivity index (χ2n) is 6.63. The number of hydrogen-bond donors (Lipinski definition) is 2. The number of nitrogens with zero attached hydrogens (tertiary/aromatic N) is 1. The molecular weight excluding hydrogens is 456 g/mol. The molecular formula is C23H18Cl2FN3O3. The van der Waals surface area contributed by atoms with Crippen molar-refractivity contribution in [3.8, 4) is 5.75 Å². The number of rotatable bonds is 6. The zero-order valence-corrected chi connectivity index (χ0v) is 18.4. The number of hydrogen-bond acceptors (Lipinski definition) is 4. The normalized spacial score (nSPS) is 10.8. The van der Waals surface area contributed by atoms with Crippen molar-refractivity contribution in [2.24, 2.45) is 5.10 Å². The topological polar surface area (TPSA) is 79.8 Å². The number of nitrogens with one attached hydrogen (secondary N) is 2. The Kier molecular flexibility index (Phi) is 7.81. The molecule has 0 fully saturated rings. The first-order valence-electron chi connectivity index (χ1n) is 9.40. The van der Waals surface area contributed by atoms with E-state index in [4.69, 9.17) is 27.9 Å². The zero-order chi connectivity index (χ0) is 23.1. The molecule has 0 aliphatic rings. The molecule has 0 unspecified atom stereocenters. The molecule has 2 amide bonds. The van der Waals surface area contributed by atoms with Gasteiger partial charge in [0.2, 0.25) is 0 Å². The third kappa shape index (κ3) is 6.06. The maximum absolute atomic E-state index is 13.9. The van der Waals surface area contributed by atoms with Crippen molar-refractivity contribution in [2.75, 3.05) is 5.32 Å². The molecule has 32 heavy (non-hydrogen) atoms. The van der Waals surface area contributed by atoms with E-state index >= 15 is 0 Å². The van der Waals surface area contributed by atoms with Crippen LogP contribution in [-0.4, -0.2) is 18.0 Å². The average molecular weight is 474 g/mol. The Morgan fingerprint density at radius 2 is 1.75 bits per heavy atom. The molecule has 0 saturated carbocycles. The SMILES string of the molecule is Cc1c(Cl)cccc1NC(=O)C(=O)NN=Cc1cccc(OCc2c(F)cccc2Cl)c1. The van der Waals surface area contributed by atoms with E-state index in [0.717, 1.165) is 0 Å². The van der Waals surface area contributed by atoms with E-state index in [-0.39, 0.29) is 17.2 Å². The molecule has 0 atom stereocenters. The number of halogens is 3. The van der Waals surface area contributed by atoms with Gasteiger partial charge in [0.25, 0.3) is 0 Å². The lowest BCUT2D eigenvalue weighted by molar-refractivity contribution is -0.136. The first-order chi connectivity index (χ1) is 15.3. The lowest BCUT2D eigenvalue weighted by Gasteiger charge is -2.09. The Hall–Kier alpha value is -3.42. The highest BCUT2D eigenvalue weighted by molar-refractivity contribution is 6.40. The van der Waals surface area contributed by atoms with Crippen LogP contribution in [0.2, 0.25) is 10.0 Å². The van der Waals surface area contributed by atoms with Crippen LogP contribution in [0.5, 0.6) is 5.75 Å². The van der Waals surface area contributed by atoms with Crippen molar-refractivity contribution in [1.82, 2.24) is 5.43 Å². The Morgan fingerprint density at radius 3 is 2.53 bits per heavy atom. The highest BCUT2D eigenvalue weighted by Gasteiger charge is 2.14. The predicted molar refractivity (Wildman–Crippen MR) is 123 cm³/mol. The molecule has 2 N–H and O–H groups in total. The molecule has 0 aliphatic heterocycles. The maximum Gasteiger partial charge on any atom is 0.329 e. The van der Waals surface area contributed by atoms with Gasteiger partial charge < -0.3 is 10.1 Å². The lowest BCUT2D eigenvalue weighted by Crippen LogP contribution is -2.32. The molecule has 9 heteroatoms. The van der Waals surface area contributed by atoms with E-state index in [1.165, 1.54) is 18.3 Å². The largest absolute Gasteiger partial charge is 0.489 e. The van der Waals surface area contributed by atoms with Crippen LogP contribution in [0.4, 0.5) is 10.1 Å². The van der Waals surface area contributed by atoms with Crippen molar-refractivity contribution < 1.29 is 18.7 Å². The van der Waals surface area contributed by atoms with Crippen LogP contribution in [0.25, 0.3) is 0 Å². The molecule has 3 rings (SSSR count). The fourth-order valence-electron chi connectivity index (χ4n) is 2.65. The summed E-state index contributed by atoms with van der Waals surface area (Å²) in [5.41, 5.74) is 4.08. The summed E-state index contributed by atoms with van der Waals surface area (Å²) in [6, 6.07) is 16.1. The molecule has 0 bridgehead atoms. The summed E-state index contributed by atoms with van der Waals surface area (Å²) in [5.74, 6) is -1.83. The summed E-state index contributed by atoms with van der Waals surface area (Å²) in [6.07, 6.45) is 1.35. The smallest absolute Gasteiger partial charge is 0.329 e. The number of hydrazone groups is 1. The van der Waals surface area contributed by atoms with Crippen molar-refractivity contribution in [3.63, 3.8) is 0 Å². The summed E-state index contributed by atoms with van der Waals surface area (Å²) < 4.78 is 19.5. The second-order valence-corrected chi connectivity index (χ2v) is 7.44. The van der Waals surface area contributed by atoms with Gasteiger partial charge in [0.05, 0.1) is 11.2 Å². The number of ether oxygens (including phenoxy) is 1. The summed E-state index contributed by atoms with van der Waals surface area (Å²) in [5, 5.41) is 7.01. The Labute approximate surface area is 194 Å². The van der Waals surface area contributed by atoms with Gasteiger partial charge in [0, 0.05) is 16.3 Å². The molecule has 6 nitrogen and oxygen atoms in total. The quantitative estimate of drug-likeness (QED) is 0.296. The van der Waals surface area contributed by atoms with Crippen LogP contribution in [0, 0.1) is 12.7 Å². The first kappa shape index (κ1) is 23.2. The van der Waals surface area contributed by atoms with Gasteiger partial charge in [-0.1, -0.05) is 47.5 Å². The highest BCUT2D eigenvalue weighted by Crippen LogP contribution is 2.23. The fraction of sp³-hybridized carbons (Fsp3) is 0.0870. The van der Waals surface area contributed by atoms with Crippen LogP contribution >= 0.6 is 23.2 Å². The lowest BCUT2D eigenvalue weighted by atomic mass is 10.2. The molecule has 3 aromatic carbocycles. The van der Waals surface area contributed by atoms with E-state index in [2.05, 4.69) is 15.8 Å². The molecule has 0 spiro atoms. The van der Waals surface area contributed by atoms with Gasteiger partial charge in [-0.15, -0.1) is 0 Å². The first-order valence-corrected chi connectivity index (χ1v) is 10.2. The maximum atomic E-state index is 13.9. The highest BCUT2D eigenvalue weighted by atomic mass is 35.5. The number of anilines is 1. The van der Waals surface area contributed by atoms with Gasteiger partial charge >= 0.3 is 11.8 Å². The average Bonchev–Trinajstić information content (AvgIpc) is 2.77. The van der Waals surface area contributed by atoms with Gasteiger partial charge in [0.15, 0.2) is 0 Å². The number of benzene rings is 3. The number of amides is 2. The molecule has 0 aromatic heterocycles. The minimum atomic E-state index is -0.942. The van der Waals surface area contributed by atoms with E-state index in [9.17, 15) is 14.0 Å².